The number of hydrogen-bond donors (Lipinski definition) is 1. The number of hydrogen-bond acceptors (Lipinski definition) is 2. The third kappa shape index (κ3) is 4.42. The summed E-state index contributed by atoms with van der Waals surface area (Å²) in [6, 6.07) is 20.4. The molecule has 1 atom stereocenters. The molecule has 5 heteroatoms. The lowest BCUT2D eigenvalue weighted by atomic mass is 10.1. The van der Waals surface area contributed by atoms with Crippen LogP contribution < -0.4 is 4.90 Å². The summed E-state index contributed by atoms with van der Waals surface area (Å²) in [4.78, 5) is 17.2. The number of amides is 1. The molecule has 3 aromatic rings. The number of fused-ring (bicyclic) bond motifs is 1. The predicted molar refractivity (Wildman–Crippen MR) is 119 cm³/mol. The van der Waals surface area contributed by atoms with E-state index in [0.717, 1.165) is 24.3 Å². The van der Waals surface area contributed by atoms with E-state index >= 15 is 0 Å². The first kappa shape index (κ1) is 20.6. The van der Waals surface area contributed by atoms with E-state index in [4.69, 9.17) is 4.74 Å². The van der Waals surface area contributed by atoms with Crippen LogP contribution in [0.25, 0.3) is 10.9 Å². The zero-order chi connectivity index (χ0) is 20.9. The van der Waals surface area contributed by atoms with Gasteiger partial charge < -0.3 is 19.1 Å². The minimum absolute atomic E-state index is 0.0348. The molecule has 0 aliphatic carbocycles. The third-order valence-electron chi connectivity index (χ3n) is 6.32. The molecule has 1 aliphatic rings. The molecule has 1 aromatic heterocycles. The molecule has 2 aromatic carbocycles. The molecule has 1 amide bonds. The Balaban J connectivity index is 1.59. The van der Waals surface area contributed by atoms with E-state index in [-0.39, 0.29) is 5.91 Å². The quantitative estimate of drug-likeness (QED) is 0.625. The lowest BCUT2D eigenvalue weighted by molar-refractivity contribution is -0.886. The molecule has 1 fully saturated rings. The van der Waals surface area contributed by atoms with Crippen LogP contribution in [0.1, 0.15) is 30.2 Å². The Morgan fingerprint density at radius 2 is 1.80 bits per heavy atom. The standard InChI is InChI=1S/C25H31N3O2/c1-26-22(18-21-12-6-7-13-23(21)26)19-28(17-16-27-14-8-9-15-27)25(29)24(30-2)20-10-4-3-5-11-20/h3-7,10-13,18,24H,8-9,14-17,19H2,1-2H3/p+1/t24-/m1/s1. The fourth-order valence-corrected chi connectivity index (χ4v) is 4.55. The van der Waals surface area contributed by atoms with Crippen molar-refractivity contribution in [2.75, 3.05) is 33.3 Å². The molecule has 2 heterocycles. The minimum Gasteiger partial charge on any atom is -0.367 e. The number of benzene rings is 2. The molecule has 1 saturated heterocycles. The molecule has 0 saturated carbocycles. The highest BCUT2D eigenvalue weighted by molar-refractivity contribution is 5.83. The SMILES string of the molecule is CO[C@@H](C(=O)N(CC[NH+]1CCCC1)Cc1cc2ccccc2n1C)c1ccccc1. The Morgan fingerprint density at radius 3 is 2.50 bits per heavy atom. The normalized spacial score (nSPS) is 15.5. The van der Waals surface area contributed by atoms with Crippen LogP contribution in [0.4, 0.5) is 0 Å². The molecular weight excluding hydrogens is 374 g/mol. The second-order valence-corrected chi connectivity index (χ2v) is 8.25. The number of nitrogens with one attached hydrogen (secondary N) is 1. The summed E-state index contributed by atoms with van der Waals surface area (Å²) < 4.78 is 7.87. The average Bonchev–Trinajstić information content (AvgIpc) is 3.41. The molecule has 30 heavy (non-hydrogen) atoms. The molecule has 1 N–H and O–H groups in total. The van der Waals surface area contributed by atoms with E-state index in [1.54, 1.807) is 12.0 Å². The average molecular weight is 407 g/mol. The third-order valence-corrected chi connectivity index (χ3v) is 6.32. The second-order valence-electron chi connectivity index (χ2n) is 8.25. The van der Waals surface area contributed by atoms with Gasteiger partial charge in [0.05, 0.1) is 32.7 Å². The number of rotatable bonds is 8. The number of carbonyl (C=O) groups excluding carboxylic acids is 1. The number of likely N-dealkylation sites (tertiary alicyclic amines) is 1. The monoisotopic (exact) mass is 406 g/mol. The number of para-hydroxylation sites is 1. The van der Waals surface area contributed by atoms with Crippen LogP contribution in [0.2, 0.25) is 0 Å². The highest BCUT2D eigenvalue weighted by Gasteiger charge is 2.28. The van der Waals surface area contributed by atoms with Gasteiger partial charge >= 0.3 is 0 Å². The smallest absolute Gasteiger partial charge is 0.256 e. The summed E-state index contributed by atoms with van der Waals surface area (Å²) in [5.74, 6) is 0.0348. The Hall–Kier alpha value is -2.63. The molecule has 4 rings (SSSR count). The van der Waals surface area contributed by atoms with Crippen molar-refractivity contribution in [3.8, 4) is 0 Å². The summed E-state index contributed by atoms with van der Waals surface area (Å²) in [7, 11) is 3.70. The number of quaternary nitrogens is 1. The Morgan fingerprint density at radius 1 is 1.10 bits per heavy atom. The number of nitrogens with zero attached hydrogens (tertiary/aromatic N) is 2. The Labute approximate surface area is 178 Å². The first-order valence-electron chi connectivity index (χ1n) is 10.9. The maximum absolute atomic E-state index is 13.6. The zero-order valence-corrected chi connectivity index (χ0v) is 18.0. The molecule has 0 spiro atoms. The van der Waals surface area contributed by atoms with Crippen LogP contribution in [0, 0.1) is 0 Å². The van der Waals surface area contributed by atoms with E-state index in [0.29, 0.717) is 6.54 Å². The topological polar surface area (TPSA) is 38.9 Å². The van der Waals surface area contributed by atoms with Crippen LogP contribution in [0.5, 0.6) is 0 Å². The fourth-order valence-electron chi connectivity index (χ4n) is 4.55. The van der Waals surface area contributed by atoms with Crippen molar-refractivity contribution in [3.05, 3.63) is 71.9 Å². The summed E-state index contributed by atoms with van der Waals surface area (Å²) in [5.41, 5.74) is 3.24. The lowest BCUT2D eigenvalue weighted by Crippen LogP contribution is -3.10. The van der Waals surface area contributed by atoms with Crippen molar-refractivity contribution in [1.82, 2.24) is 9.47 Å². The van der Waals surface area contributed by atoms with Crippen molar-refractivity contribution in [2.45, 2.75) is 25.5 Å². The summed E-state index contributed by atoms with van der Waals surface area (Å²) in [6.45, 7) is 4.73. The zero-order valence-electron chi connectivity index (χ0n) is 18.0. The van der Waals surface area contributed by atoms with Gasteiger partial charge in [0, 0.05) is 38.2 Å². The van der Waals surface area contributed by atoms with Gasteiger partial charge in [0.2, 0.25) is 0 Å². The van der Waals surface area contributed by atoms with Crippen molar-refractivity contribution < 1.29 is 14.4 Å². The maximum Gasteiger partial charge on any atom is 0.256 e. The van der Waals surface area contributed by atoms with Crippen LogP contribution in [-0.2, 0) is 23.1 Å². The van der Waals surface area contributed by atoms with Gasteiger partial charge in [-0.1, -0.05) is 48.5 Å². The predicted octanol–water partition coefficient (Wildman–Crippen LogP) is 2.57. The second kappa shape index (κ2) is 9.45. The number of methoxy groups -OCH3 is 1. The number of ether oxygens (including phenoxy) is 1. The number of aryl methyl sites for hydroxylation is 1. The van der Waals surface area contributed by atoms with Gasteiger partial charge in [0.25, 0.3) is 5.91 Å². The van der Waals surface area contributed by atoms with E-state index in [1.807, 2.05) is 35.2 Å². The molecule has 1 aliphatic heterocycles. The first-order valence-corrected chi connectivity index (χ1v) is 10.9. The maximum atomic E-state index is 13.6. The Kier molecular flexibility index (Phi) is 6.50. The minimum atomic E-state index is -0.575. The van der Waals surface area contributed by atoms with Gasteiger partial charge in [-0.2, -0.15) is 0 Å². The molecule has 158 valence electrons. The number of aromatic nitrogens is 1. The van der Waals surface area contributed by atoms with Crippen LogP contribution in [-0.4, -0.2) is 48.7 Å². The highest BCUT2D eigenvalue weighted by atomic mass is 16.5. The van der Waals surface area contributed by atoms with Crippen LogP contribution >= 0.6 is 0 Å². The van der Waals surface area contributed by atoms with Crippen molar-refractivity contribution >= 4 is 16.8 Å². The van der Waals surface area contributed by atoms with E-state index in [1.165, 1.54) is 36.8 Å². The van der Waals surface area contributed by atoms with Gasteiger partial charge in [-0.25, -0.2) is 0 Å². The van der Waals surface area contributed by atoms with E-state index in [9.17, 15) is 4.79 Å². The van der Waals surface area contributed by atoms with Crippen molar-refractivity contribution in [2.24, 2.45) is 7.05 Å². The van der Waals surface area contributed by atoms with Gasteiger partial charge in [0.15, 0.2) is 6.10 Å². The largest absolute Gasteiger partial charge is 0.367 e. The molecule has 0 unspecified atom stereocenters. The highest BCUT2D eigenvalue weighted by Crippen LogP contribution is 2.23. The van der Waals surface area contributed by atoms with Crippen LogP contribution in [0.15, 0.2) is 60.7 Å². The summed E-state index contributed by atoms with van der Waals surface area (Å²) >= 11 is 0. The molecule has 0 bridgehead atoms. The summed E-state index contributed by atoms with van der Waals surface area (Å²) in [5, 5.41) is 1.21. The van der Waals surface area contributed by atoms with Gasteiger partial charge in [-0.15, -0.1) is 0 Å². The van der Waals surface area contributed by atoms with Crippen molar-refractivity contribution in [3.63, 3.8) is 0 Å². The van der Waals surface area contributed by atoms with Gasteiger partial charge in [-0.05, 0) is 23.1 Å². The van der Waals surface area contributed by atoms with Gasteiger partial charge in [-0.3, -0.25) is 4.79 Å². The molecule has 5 nitrogen and oxygen atoms in total. The fraction of sp³-hybridized carbons (Fsp3) is 0.400. The van der Waals surface area contributed by atoms with Gasteiger partial charge in [0.1, 0.15) is 0 Å². The van der Waals surface area contributed by atoms with Crippen molar-refractivity contribution in [1.29, 1.82) is 0 Å². The first-order chi connectivity index (χ1) is 14.7. The Bertz CT molecular complexity index is 976. The van der Waals surface area contributed by atoms with Crippen LogP contribution in [0.3, 0.4) is 0 Å². The summed E-state index contributed by atoms with van der Waals surface area (Å²) in [6.07, 6.45) is 2.00. The van der Waals surface area contributed by atoms with E-state index < -0.39 is 6.10 Å². The molecule has 0 radical (unpaired) electrons. The molecular formula is C25H32N3O2+. The van der Waals surface area contributed by atoms with E-state index in [2.05, 4.69) is 41.9 Å². The number of carbonyl (C=O) groups is 1. The lowest BCUT2D eigenvalue weighted by Gasteiger charge is -2.28.